The Hall–Kier alpha value is 0.280. The van der Waals surface area contributed by atoms with E-state index in [9.17, 15) is 0 Å². The summed E-state index contributed by atoms with van der Waals surface area (Å²) in [5, 5.41) is 0. The summed E-state index contributed by atoms with van der Waals surface area (Å²) >= 11 is 11.1. The van der Waals surface area contributed by atoms with Crippen LogP contribution in [0.2, 0.25) is 0 Å². The Morgan fingerprint density at radius 1 is 1.45 bits per heavy atom. The molecule has 0 aromatic rings. The summed E-state index contributed by atoms with van der Waals surface area (Å²) in [5.74, 6) is 1.21. The molecule has 3 atom stereocenters. The highest BCUT2D eigenvalue weighted by Crippen LogP contribution is 2.49. The summed E-state index contributed by atoms with van der Waals surface area (Å²) in [6, 6.07) is 0. The van der Waals surface area contributed by atoms with Gasteiger partial charge in [0.05, 0.1) is 6.10 Å². The van der Waals surface area contributed by atoms with Crippen molar-refractivity contribution >= 4 is 23.2 Å². The summed E-state index contributed by atoms with van der Waals surface area (Å²) in [4.78, 5) is 0. The normalized spacial score (nSPS) is 41.1. The highest BCUT2D eigenvalue weighted by atomic mass is 35.5. The lowest BCUT2D eigenvalue weighted by Gasteiger charge is -2.07. The first-order chi connectivity index (χ1) is 5.29. The van der Waals surface area contributed by atoms with Gasteiger partial charge in [-0.05, 0) is 24.8 Å². The van der Waals surface area contributed by atoms with E-state index in [4.69, 9.17) is 27.9 Å². The third kappa shape index (κ3) is 1.56. The Balaban J connectivity index is 1.95. The lowest BCUT2D eigenvalue weighted by atomic mass is 10.2. The average molecular weight is 193 g/mol. The van der Waals surface area contributed by atoms with Crippen molar-refractivity contribution < 1.29 is 4.74 Å². The molecule has 0 aromatic heterocycles. The summed E-state index contributed by atoms with van der Waals surface area (Å²) in [7, 11) is 0. The van der Waals surface area contributed by atoms with Crippen LogP contribution in [0.15, 0.2) is 10.6 Å². The van der Waals surface area contributed by atoms with Gasteiger partial charge in [0.25, 0.3) is 0 Å². The van der Waals surface area contributed by atoms with E-state index in [2.05, 4.69) is 0 Å². The number of ether oxygens (including phenoxy) is 1. The summed E-state index contributed by atoms with van der Waals surface area (Å²) in [6.45, 7) is 0.908. The molecule has 1 saturated heterocycles. The first-order valence-corrected chi connectivity index (χ1v) is 4.69. The maximum atomic E-state index is 5.55. The third-order valence-electron chi connectivity index (χ3n) is 2.47. The monoisotopic (exact) mass is 192 g/mol. The minimum atomic E-state index is 0.382. The number of halogens is 2. The maximum Gasteiger partial charge on any atom is 0.103 e. The molecule has 0 unspecified atom stereocenters. The largest absolute Gasteiger partial charge is 0.377 e. The summed E-state index contributed by atoms with van der Waals surface area (Å²) < 4.78 is 5.89. The predicted molar refractivity (Wildman–Crippen MR) is 45.7 cm³/mol. The number of rotatable bonds is 1. The molecule has 0 N–H and O–H groups in total. The second kappa shape index (κ2) is 2.96. The molecule has 2 rings (SSSR count). The van der Waals surface area contributed by atoms with Crippen LogP contribution >= 0.6 is 23.2 Å². The summed E-state index contributed by atoms with van der Waals surface area (Å²) in [6.07, 6.45) is 4.79. The first-order valence-electron chi connectivity index (χ1n) is 3.93. The van der Waals surface area contributed by atoms with Crippen LogP contribution in [0.25, 0.3) is 0 Å². The maximum absolute atomic E-state index is 5.55. The third-order valence-corrected chi connectivity index (χ3v) is 2.72. The van der Waals surface area contributed by atoms with E-state index in [1.165, 1.54) is 12.8 Å². The second-order valence-corrected chi connectivity index (χ2v) is 4.18. The SMILES string of the molecule is ClC(Cl)=C[C@H]1[C@H]2CCCO[C@@H]12. The molecule has 2 fully saturated rings. The molecule has 1 aliphatic heterocycles. The first kappa shape index (κ1) is 7.90. The van der Waals surface area contributed by atoms with Crippen molar-refractivity contribution in [1.82, 2.24) is 0 Å². The number of hydrogen-bond acceptors (Lipinski definition) is 1. The van der Waals surface area contributed by atoms with Crippen molar-refractivity contribution in [3.63, 3.8) is 0 Å². The van der Waals surface area contributed by atoms with Gasteiger partial charge in [-0.2, -0.15) is 0 Å². The van der Waals surface area contributed by atoms with Crippen LogP contribution in [0, 0.1) is 11.8 Å². The van der Waals surface area contributed by atoms with Crippen LogP contribution < -0.4 is 0 Å². The zero-order chi connectivity index (χ0) is 7.84. The highest BCUT2D eigenvalue weighted by molar-refractivity contribution is 6.55. The van der Waals surface area contributed by atoms with Crippen LogP contribution in [-0.2, 0) is 4.74 Å². The van der Waals surface area contributed by atoms with Crippen molar-refractivity contribution in [3.05, 3.63) is 10.6 Å². The van der Waals surface area contributed by atoms with Gasteiger partial charge in [0, 0.05) is 12.5 Å². The predicted octanol–water partition coefficient (Wildman–Crippen LogP) is 2.73. The quantitative estimate of drug-likeness (QED) is 0.622. The van der Waals surface area contributed by atoms with Gasteiger partial charge in [0.2, 0.25) is 0 Å². The molecule has 1 heterocycles. The topological polar surface area (TPSA) is 9.23 Å². The Morgan fingerprint density at radius 3 is 2.82 bits per heavy atom. The fourth-order valence-electron chi connectivity index (χ4n) is 1.86. The Kier molecular flexibility index (Phi) is 2.13. The van der Waals surface area contributed by atoms with Gasteiger partial charge in [0.1, 0.15) is 4.49 Å². The smallest absolute Gasteiger partial charge is 0.103 e. The van der Waals surface area contributed by atoms with E-state index >= 15 is 0 Å². The second-order valence-electron chi connectivity index (χ2n) is 3.18. The number of hydrogen-bond donors (Lipinski definition) is 0. The lowest BCUT2D eigenvalue weighted by Crippen LogP contribution is -2.05. The number of fused-ring (bicyclic) bond motifs is 1. The molecule has 0 spiro atoms. The van der Waals surface area contributed by atoms with Gasteiger partial charge in [0.15, 0.2) is 0 Å². The molecule has 1 nitrogen and oxygen atoms in total. The van der Waals surface area contributed by atoms with Gasteiger partial charge < -0.3 is 4.74 Å². The van der Waals surface area contributed by atoms with Crippen LogP contribution in [0.5, 0.6) is 0 Å². The van der Waals surface area contributed by atoms with Gasteiger partial charge in [-0.25, -0.2) is 0 Å². The van der Waals surface area contributed by atoms with Gasteiger partial charge >= 0.3 is 0 Å². The molecule has 0 radical (unpaired) electrons. The van der Waals surface area contributed by atoms with E-state index in [0.29, 0.717) is 22.4 Å². The van der Waals surface area contributed by atoms with Crippen molar-refractivity contribution in [2.45, 2.75) is 18.9 Å². The molecule has 1 saturated carbocycles. The van der Waals surface area contributed by atoms with Crippen LogP contribution in [0.1, 0.15) is 12.8 Å². The van der Waals surface area contributed by atoms with E-state index in [-0.39, 0.29) is 0 Å². The molecule has 3 heteroatoms. The molecule has 11 heavy (non-hydrogen) atoms. The molecule has 2 aliphatic rings. The Bertz CT molecular complexity index is 175. The molecule has 0 bridgehead atoms. The zero-order valence-electron chi connectivity index (χ0n) is 6.09. The molecular weight excluding hydrogens is 183 g/mol. The highest BCUT2D eigenvalue weighted by Gasteiger charge is 2.51. The van der Waals surface area contributed by atoms with E-state index in [1.807, 2.05) is 6.08 Å². The average Bonchev–Trinajstić information content (AvgIpc) is 2.64. The molecular formula is C8H10Cl2O. The zero-order valence-corrected chi connectivity index (χ0v) is 7.61. The van der Waals surface area contributed by atoms with Crippen molar-refractivity contribution in [3.8, 4) is 0 Å². The Morgan fingerprint density at radius 2 is 2.27 bits per heavy atom. The van der Waals surface area contributed by atoms with Gasteiger partial charge in [-0.3, -0.25) is 0 Å². The van der Waals surface area contributed by atoms with Crippen molar-refractivity contribution in [2.75, 3.05) is 6.61 Å². The molecule has 62 valence electrons. The standard InChI is InChI=1S/C8H10Cl2O/c9-7(10)4-6-5-2-1-3-11-8(5)6/h4-6,8H,1-3H2/t5-,6+,8-/m1/s1. The van der Waals surface area contributed by atoms with E-state index in [1.54, 1.807) is 0 Å². The molecule has 0 amide bonds. The van der Waals surface area contributed by atoms with E-state index in [0.717, 1.165) is 6.61 Å². The van der Waals surface area contributed by atoms with E-state index < -0.39 is 0 Å². The Labute approximate surface area is 76.3 Å². The molecule has 1 aliphatic carbocycles. The van der Waals surface area contributed by atoms with Crippen LogP contribution in [0.4, 0.5) is 0 Å². The summed E-state index contributed by atoms with van der Waals surface area (Å²) in [5.41, 5.74) is 0. The van der Waals surface area contributed by atoms with Crippen molar-refractivity contribution in [2.24, 2.45) is 11.8 Å². The minimum Gasteiger partial charge on any atom is -0.377 e. The minimum absolute atomic E-state index is 0.382. The fraction of sp³-hybridized carbons (Fsp3) is 0.750. The fourth-order valence-corrected chi connectivity index (χ4v) is 2.15. The lowest BCUT2D eigenvalue weighted by molar-refractivity contribution is 0.0771. The van der Waals surface area contributed by atoms with Crippen LogP contribution in [-0.4, -0.2) is 12.7 Å². The van der Waals surface area contributed by atoms with Gasteiger partial charge in [-0.1, -0.05) is 23.2 Å². The molecule has 0 aromatic carbocycles. The van der Waals surface area contributed by atoms with Gasteiger partial charge in [-0.15, -0.1) is 0 Å². The van der Waals surface area contributed by atoms with Crippen LogP contribution in [0.3, 0.4) is 0 Å². The van der Waals surface area contributed by atoms with Crippen molar-refractivity contribution in [1.29, 1.82) is 0 Å².